The van der Waals surface area contributed by atoms with Crippen LogP contribution in [0, 0.1) is 10.6 Å². The van der Waals surface area contributed by atoms with Gasteiger partial charge in [-0.05, 0) is 73.6 Å². The van der Waals surface area contributed by atoms with Crippen LogP contribution in [0.25, 0.3) is 0 Å². The minimum Gasteiger partial charge on any atom is -0.459 e. The Hall–Kier alpha value is -1.84. The lowest BCUT2D eigenvalue weighted by atomic mass is 10.0. The minimum absolute atomic E-state index is 0.0333. The Morgan fingerprint density at radius 2 is 1.77 bits per heavy atom. The van der Waals surface area contributed by atoms with Crippen molar-refractivity contribution in [3.05, 3.63) is 66.0 Å². The lowest BCUT2D eigenvalue weighted by molar-refractivity contribution is -0.243. The van der Waals surface area contributed by atoms with Gasteiger partial charge in [-0.3, -0.25) is 14.3 Å². The smallest absolute Gasteiger partial charge is 0.338 e. The molecule has 0 saturated carbocycles. The molecule has 4 atom stereocenters. The summed E-state index contributed by atoms with van der Waals surface area (Å²) in [4.78, 5) is 40.6. The molecule has 2 aliphatic rings. The lowest BCUT2D eigenvalue weighted by Crippen LogP contribution is -2.57. The Balaban J connectivity index is 1.74. The summed E-state index contributed by atoms with van der Waals surface area (Å²) in [5.41, 5.74) is -1.23. The molecule has 12 heteroatoms. The number of H-pyrrole nitrogens is 1. The Morgan fingerprint density at radius 3 is 2.36 bits per heavy atom. The van der Waals surface area contributed by atoms with E-state index in [1.165, 1.54) is 10.6 Å². The Morgan fingerprint density at radius 1 is 1.13 bits per heavy atom. The summed E-state index contributed by atoms with van der Waals surface area (Å²) in [5, 5.41) is -0.120. The molecule has 1 aromatic heterocycles. The van der Waals surface area contributed by atoms with Gasteiger partial charge in [0.15, 0.2) is 14.1 Å². The summed E-state index contributed by atoms with van der Waals surface area (Å²) in [6, 6.07) is 8.40. The van der Waals surface area contributed by atoms with Crippen LogP contribution in [0.1, 0.15) is 50.5 Å². The molecule has 1 N–H and O–H groups in total. The number of nitrogens with zero attached hydrogens (tertiary/aromatic N) is 1. The third-order valence-corrected chi connectivity index (χ3v) is 13.0. The van der Waals surface area contributed by atoms with Gasteiger partial charge in [-0.25, -0.2) is 9.59 Å². The predicted molar refractivity (Wildman–Crippen MR) is 155 cm³/mol. The first-order valence-electron chi connectivity index (χ1n) is 12.9. The van der Waals surface area contributed by atoms with Crippen molar-refractivity contribution >= 4 is 36.9 Å². The van der Waals surface area contributed by atoms with E-state index in [1.54, 1.807) is 26.0 Å². The highest BCUT2D eigenvalue weighted by molar-refractivity contribution is 14.1. The van der Waals surface area contributed by atoms with Crippen LogP contribution >= 0.6 is 22.6 Å². The van der Waals surface area contributed by atoms with Crippen molar-refractivity contribution in [1.82, 2.24) is 9.55 Å². The van der Waals surface area contributed by atoms with Crippen molar-refractivity contribution in [2.75, 3.05) is 13.2 Å². The summed E-state index contributed by atoms with van der Waals surface area (Å²) in [7, 11) is -2.34. The number of fused-ring (bicyclic) bond motifs is 1. The van der Waals surface area contributed by atoms with Gasteiger partial charge in [0.05, 0.1) is 15.9 Å². The SMILES string of the molecule is Cc1ccc(C(=O)OC[C@H]2OC(CO[Si](C)(C)C(C)(C)C)(n3c(I)cc(=O)[nH]c3=O)[C@@H]3OC(C)(C)O[C@@H]32)cc1. The molecular formula is C27H37IN2O8Si. The Labute approximate surface area is 242 Å². The fourth-order valence-corrected chi connectivity index (χ4v) is 6.46. The molecule has 3 heterocycles. The number of aryl methyl sites for hydroxylation is 1. The number of aromatic nitrogens is 2. The molecule has 2 fully saturated rings. The number of carbonyl (C=O) groups is 1. The van der Waals surface area contributed by atoms with Crippen molar-refractivity contribution in [2.24, 2.45) is 0 Å². The predicted octanol–water partition coefficient (Wildman–Crippen LogP) is 3.90. The first kappa shape index (κ1) is 30.1. The molecule has 214 valence electrons. The molecule has 2 saturated heterocycles. The molecule has 2 aliphatic heterocycles. The molecular weight excluding hydrogens is 635 g/mol. The molecule has 0 radical (unpaired) electrons. The monoisotopic (exact) mass is 672 g/mol. The van der Waals surface area contributed by atoms with Gasteiger partial charge in [-0.1, -0.05) is 38.5 Å². The second kappa shape index (κ2) is 10.5. The van der Waals surface area contributed by atoms with Crippen LogP contribution in [-0.2, 0) is 29.1 Å². The second-order valence-corrected chi connectivity index (χ2v) is 18.0. The summed E-state index contributed by atoms with van der Waals surface area (Å²) in [6.45, 7) is 15.9. The van der Waals surface area contributed by atoms with E-state index in [4.69, 9.17) is 23.4 Å². The van der Waals surface area contributed by atoms with Crippen LogP contribution in [0.2, 0.25) is 18.1 Å². The Kier molecular flexibility index (Phi) is 8.13. The molecule has 1 aromatic carbocycles. The molecule has 1 unspecified atom stereocenters. The average Bonchev–Trinajstić information content (AvgIpc) is 3.27. The fraction of sp³-hybridized carbons (Fsp3) is 0.593. The van der Waals surface area contributed by atoms with Crippen LogP contribution in [0.4, 0.5) is 0 Å². The first-order valence-corrected chi connectivity index (χ1v) is 16.9. The van der Waals surface area contributed by atoms with E-state index in [0.29, 0.717) is 9.26 Å². The number of halogens is 1. The van der Waals surface area contributed by atoms with Crippen LogP contribution in [0.3, 0.4) is 0 Å². The van der Waals surface area contributed by atoms with E-state index in [-0.39, 0.29) is 18.3 Å². The topological polar surface area (TPSA) is 118 Å². The zero-order valence-corrected chi connectivity index (χ0v) is 26.8. The molecule has 0 bridgehead atoms. The number of ether oxygens (including phenoxy) is 4. The van der Waals surface area contributed by atoms with Gasteiger partial charge < -0.3 is 23.4 Å². The second-order valence-electron chi connectivity index (χ2n) is 12.1. The maximum absolute atomic E-state index is 13.3. The standard InChI is InChI=1S/C27H37IN2O8Si/c1-16-9-11-17(12-10-16)23(32)34-14-18-21-22(38-26(5,6)37-21)27(36-18,15-35-39(7,8)25(2,3)4)30-19(28)13-20(31)29-24(30)33/h9-13,18,21-22H,14-15H2,1-8H3,(H,29,31,33)/t18-,21-,22-,27?/m1/s1. The number of esters is 1. The Bertz CT molecular complexity index is 1350. The van der Waals surface area contributed by atoms with E-state index in [2.05, 4.69) is 38.8 Å². The molecule has 39 heavy (non-hydrogen) atoms. The quantitative estimate of drug-likeness (QED) is 0.204. The fourth-order valence-electron chi connectivity index (χ4n) is 4.55. The van der Waals surface area contributed by atoms with Crippen LogP contribution < -0.4 is 11.2 Å². The van der Waals surface area contributed by atoms with Gasteiger partial charge in [-0.2, -0.15) is 0 Å². The minimum atomic E-state index is -2.34. The molecule has 0 aliphatic carbocycles. The number of nitrogens with one attached hydrogen (secondary N) is 1. The number of hydrogen-bond acceptors (Lipinski definition) is 8. The van der Waals surface area contributed by atoms with Crippen LogP contribution in [-0.4, -0.2) is 61.2 Å². The van der Waals surface area contributed by atoms with Crippen molar-refractivity contribution in [3.8, 4) is 0 Å². The van der Waals surface area contributed by atoms with E-state index in [0.717, 1.165) is 5.56 Å². The third kappa shape index (κ3) is 5.96. The molecule has 4 rings (SSSR count). The third-order valence-electron chi connectivity index (χ3n) is 7.68. The summed E-state index contributed by atoms with van der Waals surface area (Å²) >= 11 is 1.94. The van der Waals surface area contributed by atoms with Gasteiger partial charge >= 0.3 is 11.7 Å². The van der Waals surface area contributed by atoms with Crippen molar-refractivity contribution in [2.45, 2.75) is 89.5 Å². The maximum atomic E-state index is 13.3. The van der Waals surface area contributed by atoms with Gasteiger partial charge in [0.2, 0.25) is 5.72 Å². The highest BCUT2D eigenvalue weighted by Crippen LogP contribution is 2.48. The highest BCUT2D eigenvalue weighted by Gasteiger charge is 2.65. The first-order chi connectivity index (χ1) is 18.0. The van der Waals surface area contributed by atoms with Gasteiger partial charge in [0.25, 0.3) is 5.56 Å². The zero-order valence-electron chi connectivity index (χ0n) is 23.6. The van der Waals surface area contributed by atoms with Crippen molar-refractivity contribution < 1.29 is 28.2 Å². The average molecular weight is 673 g/mol. The van der Waals surface area contributed by atoms with E-state index in [9.17, 15) is 14.4 Å². The van der Waals surface area contributed by atoms with Gasteiger partial charge in [0.1, 0.15) is 24.9 Å². The van der Waals surface area contributed by atoms with Crippen LogP contribution in [0.5, 0.6) is 0 Å². The van der Waals surface area contributed by atoms with Crippen LogP contribution in [0.15, 0.2) is 39.9 Å². The summed E-state index contributed by atoms with van der Waals surface area (Å²) in [5.74, 6) is -1.50. The summed E-state index contributed by atoms with van der Waals surface area (Å²) in [6.07, 6.45) is -2.25. The number of rotatable bonds is 7. The molecule has 10 nitrogen and oxygen atoms in total. The largest absolute Gasteiger partial charge is 0.459 e. The lowest BCUT2D eigenvalue weighted by Gasteiger charge is -2.42. The molecule has 2 aromatic rings. The number of aromatic amines is 1. The number of carbonyl (C=O) groups excluding carboxylic acids is 1. The van der Waals surface area contributed by atoms with Crippen molar-refractivity contribution in [1.29, 1.82) is 0 Å². The summed E-state index contributed by atoms with van der Waals surface area (Å²) < 4.78 is 33.2. The maximum Gasteiger partial charge on any atom is 0.338 e. The van der Waals surface area contributed by atoms with E-state index < -0.39 is 55.4 Å². The molecule has 0 spiro atoms. The normalized spacial score (nSPS) is 26.4. The van der Waals surface area contributed by atoms with E-state index >= 15 is 0 Å². The zero-order chi connectivity index (χ0) is 29.0. The molecule has 0 amide bonds. The highest BCUT2D eigenvalue weighted by atomic mass is 127. The number of benzene rings is 1. The number of hydrogen-bond donors (Lipinski definition) is 1. The van der Waals surface area contributed by atoms with Crippen molar-refractivity contribution in [3.63, 3.8) is 0 Å². The van der Waals surface area contributed by atoms with Gasteiger partial charge in [0, 0.05) is 6.07 Å². The van der Waals surface area contributed by atoms with Gasteiger partial charge in [-0.15, -0.1) is 0 Å². The van der Waals surface area contributed by atoms with E-state index in [1.807, 2.05) is 41.6 Å².